The number of carbonyl (C=O) groups is 3. The lowest BCUT2D eigenvalue weighted by atomic mass is 9.46. The summed E-state index contributed by atoms with van der Waals surface area (Å²) in [6, 6.07) is 8.50. The lowest BCUT2D eigenvalue weighted by Crippen LogP contribution is -2.65. The van der Waals surface area contributed by atoms with Crippen molar-refractivity contribution in [3.8, 4) is 0 Å². The second-order valence-electron chi connectivity index (χ2n) is 11.5. The van der Waals surface area contributed by atoms with E-state index in [1.165, 1.54) is 0 Å². The SMILES string of the molecule is C[C@@H]1C[C@H]2[C@H]3[C@H]([C@@H](O)C[C@]2(C)[C@]1(OC(=O)c1ccccc1)C(=O)CO)[C@@]1(C)C=CC(=O)C=C1C[C@H]3Cl. The van der Waals surface area contributed by atoms with Crippen LogP contribution in [0.1, 0.15) is 50.4 Å². The van der Waals surface area contributed by atoms with Crippen molar-refractivity contribution >= 4 is 29.1 Å². The largest absolute Gasteiger partial charge is 0.446 e. The van der Waals surface area contributed by atoms with Crippen LogP contribution in [-0.4, -0.2) is 51.4 Å². The Kier molecular flexibility index (Phi) is 6.09. The maximum Gasteiger partial charge on any atom is 0.339 e. The molecule has 1 aromatic rings. The lowest BCUT2D eigenvalue weighted by molar-refractivity contribution is -0.184. The third kappa shape index (κ3) is 3.34. The molecule has 0 unspecified atom stereocenters. The molecule has 0 saturated heterocycles. The van der Waals surface area contributed by atoms with Crippen LogP contribution in [-0.2, 0) is 14.3 Å². The van der Waals surface area contributed by atoms with E-state index in [0.717, 1.165) is 5.57 Å². The third-order valence-electron chi connectivity index (χ3n) is 9.84. The zero-order chi connectivity index (χ0) is 26.0. The van der Waals surface area contributed by atoms with Gasteiger partial charge in [0, 0.05) is 28.0 Å². The molecule has 4 aliphatic carbocycles. The van der Waals surface area contributed by atoms with Gasteiger partial charge in [-0.2, -0.15) is 0 Å². The summed E-state index contributed by atoms with van der Waals surface area (Å²) in [5.74, 6) is -2.19. The minimum Gasteiger partial charge on any atom is -0.446 e. The van der Waals surface area contributed by atoms with E-state index in [2.05, 4.69) is 0 Å². The number of Topliss-reactive ketones (excluding diaryl/α,β-unsaturated/α-hetero) is 1. The maximum absolute atomic E-state index is 13.5. The van der Waals surface area contributed by atoms with Gasteiger partial charge in [-0.1, -0.05) is 50.6 Å². The van der Waals surface area contributed by atoms with E-state index in [4.69, 9.17) is 16.3 Å². The van der Waals surface area contributed by atoms with Crippen LogP contribution < -0.4 is 0 Å². The second-order valence-corrected chi connectivity index (χ2v) is 12.1. The molecule has 0 aromatic heterocycles. The molecule has 3 saturated carbocycles. The van der Waals surface area contributed by atoms with E-state index >= 15 is 0 Å². The highest BCUT2D eigenvalue weighted by atomic mass is 35.5. The van der Waals surface area contributed by atoms with E-state index in [1.807, 2.05) is 26.8 Å². The number of rotatable bonds is 4. The number of allylic oxidation sites excluding steroid dienone is 4. The molecular weight excluding hydrogens is 480 g/mol. The zero-order valence-electron chi connectivity index (χ0n) is 20.8. The molecule has 2 N–H and O–H groups in total. The number of carbonyl (C=O) groups excluding carboxylic acids is 3. The fourth-order valence-electron chi connectivity index (χ4n) is 8.33. The minimum absolute atomic E-state index is 0.0743. The van der Waals surface area contributed by atoms with Gasteiger partial charge < -0.3 is 14.9 Å². The lowest BCUT2D eigenvalue weighted by Gasteiger charge is -2.61. The molecule has 0 radical (unpaired) electrons. The summed E-state index contributed by atoms with van der Waals surface area (Å²) < 4.78 is 6.16. The Morgan fingerprint density at radius 3 is 2.56 bits per heavy atom. The van der Waals surface area contributed by atoms with Crippen molar-refractivity contribution in [1.82, 2.24) is 0 Å². The number of hydrogen-bond acceptors (Lipinski definition) is 6. The van der Waals surface area contributed by atoms with Gasteiger partial charge in [0.2, 0.25) is 5.78 Å². The number of aliphatic hydroxyl groups excluding tert-OH is 2. The number of hydrogen-bond donors (Lipinski definition) is 2. The molecule has 6 nitrogen and oxygen atoms in total. The fourth-order valence-corrected chi connectivity index (χ4v) is 8.83. The first-order valence-electron chi connectivity index (χ1n) is 12.7. The third-order valence-corrected chi connectivity index (χ3v) is 10.3. The van der Waals surface area contributed by atoms with Crippen LogP contribution >= 0.6 is 11.6 Å². The Balaban J connectivity index is 1.60. The highest BCUT2D eigenvalue weighted by molar-refractivity contribution is 6.21. The van der Waals surface area contributed by atoms with Crippen molar-refractivity contribution < 1.29 is 29.3 Å². The molecule has 0 spiro atoms. The number of alkyl halides is 1. The number of ether oxygens (including phenoxy) is 1. The number of benzene rings is 1. The standard InChI is InChI=1S/C29H33ClO6/c1-16-11-20-24-21(30)13-18-12-19(32)9-10-27(18,2)25(24)22(33)14-28(20,3)29(16,23(34)15-31)36-26(35)17-7-5-4-6-8-17/h4-10,12,16,20-22,24-25,31,33H,11,13-15H2,1-3H3/t16-,20+,21-,22+,24-,25+,27+,28+,29-/m1/s1. The number of aliphatic hydroxyl groups is 2. The van der Waals surface area contributed by atoms with Gasteiger partial charge in [0.25, 0.3) is 0 Å². The van der Waals surface area contributed by atoms with Gasteiger partial charge in [-0.05, 0) is 55.4 Å². The second kappa shape index (κ2) is 8.64. The molecule has 5 rings (SSSR count). The summed E-state index contributed by atoms with van der Waals surface area (Å²) >= 11 is 7.04. The highest BCUT2D eigenvalue weighted by Crippen LogP contribution is 2.69. The molecular formula is C29H33ClO6. The zero-order valence-corrected chi connectivity index (χ0v) is 21.6. The van der Waals surface area contributed by atoms with Gasteiger partial charge in [0.1, 0.15) is 6.61 Å². The molecule has 9 atom stereocenters. The molecule has 0 aliphatic heterocycles. The molecule has 36 heavy (non-hydrogen) atoms. The van der Waals surface area contributed by atoms with Crippen molar-refractivity contribution in [2.45, 2.75) is 57.1 Å². The molecule has 1 aromatic carbocycles. The molecule has 7 heteroatoms. The number of fused-ring (bicyclic) bond motifs is 5. The first kappa shape index (κ1) is 25.4. The molecule has 4 aliphatic rings. The van der Waals surface area contributed by atoms with E-state index < -0.39 is 40.9 Å². The summed E-state index contributed by atoms with van der Waals surface area (Å²) in [5.41, 5.74) is -1.81. The van der Waals surface area contributed by atoms with Gasteiger partial charge >= 0.3 is 5.97 Å². The minimum atomic E-state index is -1.60. The monoisotopic (exact) mass is 512 g/mol. The van der Waals surface area contributed by atoms with Crippen molar-refractivity contribution in [2.24, 2.45) is 34.5 Å². The predicted molar refractivity (Wildman–Crippen MR) is 134 cm³/mol. The van der Waals surface area contributed by atoms with Gasteiger partial charge in [-0.3, -0.25) is 9.59 Å². The van der Waals surface area contributed by atoms with Crippen LogP contribution in [0.15, 0.2) is 54.1 Å². The van der Waals surface area contributed by atoms with Gasteiger partial charge in [-0.25, -0.2) is 4.79 Å². The van der Waals surface area contributed by atoms with E-state index in [-0.39, 0.29) is 41.3 Å². The molecule has 0 amide bonds. The average molecular weight is 513 g/mol. The summed E-state index contributed by atoms with van der Waals surface area (Å²) in [6.45, 7) is 5.08. The maximum atomic E-state index is 13.5. The van der Waals surface area contributed by atoms with E-state index in [9.17, 15) is 24.6 Å². The summed E-state index contributed by atoms with van der Waals surface area (Å²) in [7, 11) is 0. The Bertz CT molecular complexity index is 1160. The smallest absolute Gasteiger partial charge is 0.339 e. The first-order valence-corrected chi connectivity index (χ1v) is 13.1. The predicted octanol–water partition coefficient (Wildman–Crippen LogP) is 3.89. The Hall–Kier alpha value is -2.28. The number of esters is 1. The summed E-state index contributed by atoms with van der Waals surface area (Å²) in [5, 5.41) is 21.4. The van der Waals surface area contributed by atoms with Crippen LogP contribution in [0.2, 0.25) is 0 Å². The van der Waals surface area contributed by atoms with Crippen LogP contribution in [0.5, 0.6) is 0 Å². The average Bonchev–Trinajstić information content (AvgIpc) is 3.06. The van der Waals surface area contributed by atoms with Crippen molar-refractivity contribution in [3.63, 3.8) is 0 Å². The van der Waals surface area contributed by atoms with Gasteiger partial charge in [0.15, 0.2) is 11.4 Å². The fraction of sp³-hybridized carbons (Fsp3) is 0.552. The first-order chi connectivity index (χ1) is 17.0. The van der Waals surface area contributed by atoms with Crippen molar-refractivity contribution in [3.05, 3.63) is 59.7 Å². The highest BCUT2D eigenvalue weighted by Gasteiger charge is 2.73. The van der Waals surface area contributed by atoms with E-state index in [0.29, 0.717) is 18.4 Å². The Morgan fingerprint density at radius 1 is 1.19 bits per heavy atom. The Labute approximate surface area is 216 Å². The van der Waals surface area contributed by atoms with Crippen molar-refractivity contribution in [2.75, 3.05) is 6.61 Å². The normalized spacial score (nSPS) is 43.2. The Morgan fingerprint density at radius 2 is 1.89 bits per heavy atom. The molecule has 192 valence electrons. The molecule has 3 fully saturated rings. The number of ketones is 2. The van der Waals surface area contributed by atoms with Crippen LogP contribution in [0, 0.1) is 34.5 Å². The van der Waals surface area contributed by atoms with Crippen LogP contribution in [0.3, 0.4) is 0 Å². The quantitative estimate of drug-likeness (QED) is 0.469. The van der Waals surface area contributed by atoms with Gasteiger partial charge in [-0.15, -0.1) is 11.6 Å². The summed E-state index contributed by atoms with van der Waals surface area (Å²) in [6.07, 6.45) is 5.55. The molecule has 0 heterocycles. The van der Waals surface area contributed by atoms with Crippen molar-refractivity contribution in [1.29, 1.82) is 0 Å². The van der Waals surface area contributed by atoms with Gasteiger partial charge in [0.05, 0.1) is 11.7 Å². The van der Waals surface area contributed by atoms with Crippen LogP contribution in [0.25, 0.3) is 0 Å². The molecule has 0 bridgehead atoms. The number of halogens is 1. The van der Waals surface area contributed by atoms with Crippen LogP contribution in [0.4, 0.5) is 0 Å². The summed E-state index contributed by atoms with van der Waals surface area (Å²) in [4.78, 5) is 39.0. The van der Waals surface area contributed by atoms with E-state index in [1.54, 1.807) is 42.5 Å². The topological polar surface area (TPSA) is 101 Å².